The van der Waals surface area contributed by atoms with E-state index >= 15 is 0 Å². The minimum atomic E-state index is -0.475. The molecule has 3 heteroatoms. The minimum absolute atomic E-state index is 0.0116. The molecule has 1 aliphatic rings. The number of ketones is 1. The van der Waals surface area contributed by atoms with Crippen LogP contribution in [-0.2, 0) is 4.74 Å². The van der Waals surface area contributed by atoms with Crippen LogP contribution in [0.1, 0.15) is 22.0 Å². The standard InChI is InChI=1S/C22H16O3/c1-2-13-24-19-10-6-5-9-18(19)21-22(25-21)20(23)17-12-11-15-7-3-4-8-16(15)14-17/h1,3-12,14,21-22H,13H2. The smallest absolute Gasteiger partial charge is 0.194 e. The molecule has 1 saturated heterocycles. The molecule has 2 unspecified atom stereocenters. The second kappa shape index (κ2) is 6.43. The normalized spacial score (nSPS) is 18.5. The average Bonchev–Trinajstić information content (AvgIpc) is 3.46. The first-order valence-electron chi connectivity index (χ1n) is 8.11. The summed E-state index contributed by atoms with van der Waals surface area (Å²) in [6.07, 6.45) is 4.50. The van der Waals surface area contributed by atoms with Gasteiger partial charge in [0.15, 0.2) is 11.9 Å². The van der Waals surface area contributed by atoms with Crippen molar-refractivity contribution in [3.05, 3.63) is 77.9 Å². The van der Waals surface area contributed by atoms with Crippen LogP contribution >= 0.6 is 0 Å². The summed E-state index contributed by atoms with van der Waals surface area (Å²) in [6, 6.07) is 21.2. The van der Waals surface area contributed by atoms with E-state index in [4.69, 9.17) is 15.9 Å². The number of ether oxygens (including phenoxy) is 2. The van der Waals surface area contributed by atoms with Gasteiger partial charge in [0.25, 0.3) is 0 Å². The molecular formula is C22H16O3. The molecular weight excluding hydrogens is 312 g/mol. The van der Waals surface area contributed by atoms with Gasteiger partial charge in [0.2, 0.25) is 0 Å². The molecule has 25 heavy (non-hydrogen) atoms. The van der Waals surface area contributed by atoms with Crippen LogP contribution in [0.2, 0.25) is 0 Å². The van der Waals surface area contributed by atoms with Gasteiger partial charge in [-0.3, -0.25) is 4.79 Å². The van der Waals surface area contributed by atoms with E-state index < -0.39 is 6.10 Å². The summed E-state index contributed by atoms with van der Waals surface area (Å²) < 4.78 is 11.2. The molecule has 0 aromatic heterocycles. The van der Waals surface area contributed by atoms with Crippen molar-refractivity contribution in [1.29, 1.82) is 0 Å². The fourth-order valence-electron chi connectivity index (χ4n) is 3.02. The molecule has 1 fully saturated rings. The Hall–Kier alpha value is -3.09. The van der Waals surface area contributed by atoms with Crippen LogP contribution in [0.5, 0.6) is 5.75 Å². The Morgan fingerprint density at radius 1 is 1.04 bits per heavy atom. The second-order valence-electron chi connectivity index (χ2n) is 5.93. The molecule has 3 nitrogen and oxygen atoms in total. The summed E-state index contributed by atoms with van der Waals surface area (Å²) in [5.74, 6) is 3.10. The number of hydrogen-bond acceptors (Lipinski definition) is 3. The van der Waals surface area contributed by atoms with Gasteiger partial charge in [-0.15, -0.1) is 6.42 Å². The number of carbonyl (C=O) groups is 1. The quantitative estimate of drug-likeness (QED) is 0.401. The minimum Gasteiger partial charge on any atom is -0.481 e. The maximum absolute atomic E-state index is 12.8. The first kappa shape index (κ1) is 15.4. The Morgan fingerprint density at radius 2 is 1.80 bits per heavy atom. The summed E-state index contributed by atoms with van der Waals surface area (Å²) in [4.78, 5) is 12.8. The fourth-order valence-corrected chi connectivity index (χ4v) is 3.02. The molecule has 0 bridgehead atoms. The Labute approximate surface area is 146 Å². The zero-order chi connectivity index (χ0) is 17.2. The number of carbonyl (C=O) groups excluding carboxylic acids is 1. The van der Waals surface area contributed by atoms with E-state index in [0.29, 0.717) is 11.3 Å². The second-order valence-corrected chi connectivity index (χ2v) is 5.93. The molecule has 2 atom stereocenters. The zero-order valence-corrected chi connectivity index (χ0v) is 13.5. The summed E-state index contributed by atoms with van der Waals surface area (Å²) in [5, 5.41) is 2.16. The summed E-state index contributed by atoms with van der Waals surface area (Å²) >= 11 is 0. The molecule has 0 radical (unpaired) electrons. The fraction of sp³-hybridized carbons (Fsp3) is 0.136. The van der Waals surface area contributed by atoms with Crippen LogP contribution in [0.3, 0.4) is 0 Å². The molecule has 3 aromatic rings. The van der Waals surface area contributed by atoms with Crippen molar-refractivity contribution in [3.8, 4) is 18.1 Å². The summed E-state index contributed by atoms with van der Waals surface area (Å²) in [7, 11) is 0. The van der Waals surface area contributed by atoms with Gasteiger partial charge in [-0.1, -0.05) is 60.5 Å². The number of rotatable bonds is 5. The van der Waals surface area contributed by atoms with Crippen LogP contribution < -0.4 is 4.74 Å². The maximum Gasteiger partial charge on any atom is 0.194 e. The average molecular weight is 328 g/mol. The molecule has 0 saturated carbocycles. The highest BCUT2D eigenvalue weighted by molar-refractivity contribution is 6.04. The lowest BCUT2D eigenvalue weighted by molar-refractivity contribution is 0.0954. The molecule has 122 valence electrons. The van der Waals surface area contributed by atoms with Crippen LogP contribution in [0.4, 0.5) is 0 Å². The van der Waals surface area contributed by atoms with Crippen molar-refractivity contribution >= 4 is 16.6 Å². The van der Waals surface area contributed by atoms with Crippen molar-refractivity contribution in [1.82, 2.24) is 0 Å². The van der Waals surface area contributed by atoms with E-state index in [1.165, 1.54) is 0 Å². The number of fused-ring (bicyclic) bond motifs is 1. The van der Waals surface area contributed by atoms with Crippen molar-refractivity contribution in [2.45, 2.75) is 12.2 Å². The lowest BCUT2D eigenvalue weighted by Gasteiger charge is -2.07. The van der Waals surface area contributed by atoms with Gasteiger partial charge in [0, 0.05) is 11.1 Å². The summed E-state index contributed by atoms with van der Waals surface area (Å²) in [6.45, 7) is 0.188. The molecule has 0 aliphatic carbocycles. The number of hydrogen-bond donors (Lipinski definition) is 0. The highest BCUT2D eigenvalue weighted by Gasteiger charge is 2.47. The highest BCUT2D eigenvalue weighted by atomic mass is 16.6. The van der Waals surface area contributed by atoms with Gasteiger partial charge >= 0.3 is 0 Å². The largest absolute Gasteiger partial charge is 0.481 e. The number of benzene rings is 3. The van der Waals surface area contributed by atoms with E-state index in [0.717, 1.165) is 16.3 Å². The molecule has 0 N–H and O–H groups in total. The Balaban J connectivity index is 1.56. The molecule has 3 aromatic carbocycles. The monoisotopic (exact) mass is 328 g/mol. The van der Waals surface area contributed by atoms with Crippen LogP contribution in [0.25, 0.3) is 10.8 Å². The van der Waals surface area contributed by atoms with E-state index in [9.17, 15) is 4.79 Å². The number of epoxide rings is 1. The van der Waals surface area contributed by atoms with Crippen LogP contribution in [0.15, 0.2) is 66.7 Å². The number of terminal acetylenes is 1. The van der Waals surface area contributed by atoms with E-state index in [1.807, 2.05) is 66.7 Å². The molecule has 4 rings (SSSR count). The van der Waals surface area contributed by atoms with Gasteiger partial charge in [-0.25, -0.2) is 0 Å². The lowest BCUT2D eigenvalue weighted by Crippen LogP contribution is -2.08. The van der Waals surface area contributed by atoms with E-state index in [1.54, 1.807) is 0 Å². The molecule has 1 heterocycles. The van der Waals surface area contributed by atoms with Gasteiger partial charge < -0.3 is 9.47 Å². The third-order valence-corrected chi connectivity index (χ3v) is 4.32. The predicted octanol–water partition coefficient (Wildman–Crippen LogP) is 4.17. The third-order valence-electron chi connectivity index (χ3n) is 4.32. The first-order chi connectivity index (χ1) is 12.3. The SMILES string of the molecule is C#CCOc1ccccc1C1OC1C(=O)c1ccc2ccccc2c1. The Bertz CT molecular complexity index is 984. The zero-order valence-electron chi connectivity index (χ0n) is 13.5. The Kier molecular flexibility index (Phi) is 3.97. The maximum atomic E-state index is 12.8. The van der Waals surface area contributed by atoms with Crippen LogP contribution in [0, 0.1) is 12.3 Å². The van der Waals surface area contributed by atoms with E-state index in [-0.39, 0.29) is 18.5 Å². The van der Waals surface area contributed by atoms with Crippen molar-refractivity contribution in [2.75, 3.05) is 6.61 Å². The highest BCUT2D eigenvalue weighted by Crippen LogP contribution is 2.44. The van der Waals surface area contributed by atoms with Gasteiger partial charge in [-0.05, 0) is 22.9 Å². The van der Waals surface area contributed by atoms with Crippen molar-refractivity contribution < 1.29 is 14.3 Å². The number of Topliss-reactive ketones (excluding diaryl/α,β-unsaturated/α-hetero) is 1. The predicted molar refractivity (Wildman–Crippen MR) is 96.7 cm³/mol. The van der Waals surface area contributed by atoms with Gasteiger partial charge in [0.1, 0.15) is 18.5 Å². The lowest BCUT2D eigenvalue weighted by atomic mass is 9.99. The van der Waals surface area contributed by atoms with Crippen LogP contribution in [-0.4, -0.2) is 18.5 Å². The first-order valence-corrected chi connectivity index (χ1v) is 8.11. The molecule has 0 spiro atoms. The molecule has 1 aliphatic heterocycles. The molecule has 0 amide bonds. The van der Waals surface area contributed by atoms with Crippen molar-refractivity contribution in [3.63, 3.8) is 0 Å². The summed E-state index contributed by atoms with van der Waals surface area (Å²) in [5.41, 5.74) is 1.52. The van der Waals surface area contributed by atoms with Crippen molar-refractivity contribution in [2.24, 2.45) is 0 Å². The Morgan fingerprint density at radius 3 is 2.64 bits per heavy atom. The number of para-hydroxylation sites is 1. The van der Waals surface area contributed by atoms with E-state index in [2.05, 4.69) is 5.92 Å². The van der Waals surface area contributed by atoms with Gasteiger partial charge in [-0.2, -0.15) is 0 Å². The topological polar surface area (TPSA) is 38.8 Å². The van der Waals surface area contributed by atoms with Gasteiger partial charge in [0.05, 0.1) is 0 Å². The third kappa shape index (κ3) is 3.00.